The van der Waals surface area contributed by atoms with E-state index in [9.17, 15) is 19.5 Å². The molecule has 1 heterocycles. The van der Waals surface area contributed by atoms with E-state index in [-0.39, 0.29) is 28.1 Å². The molecule has 2 aromatic carbocycles. The lowest BCUT2D eigenvalue weighted by Crippen LogP contribution is -2.42. The zero-order chi connectivity index (χ0) is 28.2. The molecule has 1 aromatic heterocycles. The molecule has 0 spiro atoms. The maximum absolute atomic E-state index is 13.3. The molecule has 0 radical (unpaired) electrons. The van der Waals surface area contributed by atoms with Crippen LogP contribution in [0.3, 0.4) is 0 Å². The predicted molar refractivity (Wildman–Crippen MR) is 153 cm³/mol. The lowest BCUT2D eigenvalue weighted by molar-refractivity contribution is -0.139. The van der Waals surface area contributed by atoms with Crippen molar-refractivity contribution in [2.24, 2.45) is 0 Å². The summed E-state index contributed by atoms with van der Waals surface area (Å²) in [5.41, 5.74) is 3.43. The van der Waals surface area contributed by atoms with Crippen LogP contribution in [0.2, 0.25) is 0 Å². The zero-order valence-electron chi connectivity index (χ0n) is 21.9. The van der Waals surface area contributed by atoms with E-state index >= 15 is 0 Å². The highest BCUT2D eigenvalue weighted by atomic mass is 79.9. The second-order valence-electron chi connectivity index (χ2n) is 10.1. The van der Waals surface area contributed by atoms with Crippen LogP contribution in [0.5, 0.6) is 5.75 Å². The van der Waals surface area contributed by atoms with Gasteiger partial charge in [-0.25, -0.2) is 14.4 Å². The van der Waals surface area contributed by atoms with E-state index in [0.717, 1.165) is 16.9 Å². The van der Waals surface area contributed by atoms with E-state index in [1.165, 1.54) is 5.56 Å². The van der Waals surface area contributed by atoms with Crippen LogP contribution in [-0.2, 0) is 16.8 Å². The Morgan fingerprint density at radius 2 is 1.74 bits per heavy atom. The summed E-state index contributed by atoms with van der Waals surface area (Å²) in [6.45, 7) is 9.86. The van der Waals surface area contributed by atoms with Gasteiger partial charge in [0, 0.05) is 11.7 Å². The second-order valence-corrected chi connectivity index (χ2v) is 11.9. The number of carboxylic acids is 2. The summed E-state index contributed by atoms with van der Waals surface area (Å²) in [7, 11) is 0. The van der Waals surface area contributed by atoms with Gasteiger partial charge in [-0.05, 0) is 64.0 Å². The molecule has 202 valence electrons. The molecular formula is C28H31BrN2O6S. The number of amides is 2. The molecule has 38 heavy (non-hydrogen) atoms. The Hall–Kier alpha value is -3.37. The summed E-state index contributed by atoms with van der Waals surface area (Å²) in [5.74, 6) is -2.49. The van der Waals surface area contributed by atoms with Crippen LogP contribution in [0.25, 0.3) is 10.4 Å². The van der Waals surface area contributed by atoms with Gasteiger partial charge in [-0.1, -0.05) is 57.2 Å². The van der Waals surface area contributed by atoms with Gasteiger partial charge >= 0.3 is 18.0 Å². The van der Waals surface area contributed by atoms with E-state index < -0.39 is 18.5 Å². The van der Waals surface area contributed by atoms with Gasteiger partial charge in [0.05, 0.1) is 15.9 Å². The van der Waals surface area contributed by atoms with Crippen LogP contribution in [0.15, 0.2) is 53.0 Å². The van der Waals surface area contributed by atoms with Crippen molar-refractivity contribution in [3.05, 3.63) is 69.0 Å². The number of thiophene rings is 1. The van der Waals surface area contributed by atoms with Gasteiger partial charge in [-0.15, -0.1) is 11.3 Å². The minimum Gasteiger partial charge on any atom is -0.479 e. The lowest BCUT2D eigenvalue weighted by atomic mass is 9.87. The number of halogens is 1. The number of carboxylic acid groups (broad SMARTS) is 2. The molecule has 0 fully saturated rings. The number of anilines is 1. The molecule has 2 amide bonds. The Balaban J connectivity index is 2.02. The van der Waals surface area contributed by atoms with Gasteiger partial charge in [0.2, 0.25) is 0 Å². The predicted octanol–water partition coefficient (Wildman–Crippen LogP) is 6.76. The highest BCUT2D eigenvalue weighted by Gasteiger charge is 2.25. The maximum atomic E-state index is 13.3. The Bertz CT molecular complexity index is 1330. The lowest BCUT2D eigenvalue weighted by Gasteiger charge is -2.26. The summed E-state index contributed by atoms with van der Waals surface area (Å²) in [4.78, 5) is 38.1. The first-order valence-electron chi connectivity index (χ1n) is 12.0. The van der Waals surface area contributed by atoms with Crippen molar-refractivity contribution in [3.63, 3.8) is 0 Å². The largest absolute Gasteiger partial charge is 0.479 e. The first-order valence-corrected chi connectivity index (χ1v) is 13.6. The molecule has 3 N–H and O–H groups in total. The van der Waals surface area contributed by atoms with E-state index in [0.29, 0.717) is 27.1 Å². The Morgan fingerprint density at radius 1 is 1.08 bits per heavy atom. The fourth-order valence-corrected chi connectivity index (χ4v) is 5.59. The van der Waals surface area contributed by atoms with Crippen molar-refractivity contribution in [1.82, 2.24) is 5.32 Å². The molecule has 0 unspecified atom stereocenters. The Labute approximate surface area is 234 Å². The molecule has 0 atom stereocenters. The van der Waals surface area contributed by atoms with Crippen molar-refractivity contribution in [3.8, 4) is 16.2 Å². The Kier molecular flexibility index (Phi) is 9.22. The maximum Gasteiger partial charge on any atom is 0.349 e. The van der Waals surface area contributed by atoms with Crippen molar-refractivity contribution >= 4 is 50.9 Å². The molecule has 3 aromatic rings. The highest BCUT2D eigenvalue weighted by molar-refractivity contribution is 9.10. The van der Waals surface area contributed by atoms with Crippen molar-refractivity contribution in [2.45, 2.75) is 52.6 Å². The number of nitrogens with zero attached hydrogens (tertiary/aromatic N) is 1. The third kappa shape index (κ3) is 7.14. The molecule has 0 saturated heterocycles. The third-order valence-corrected chi connectivity index (χ3v) is 7.81. The summed E-state index contributed by atoms with van der Waals surface area (Å²) in [6.07, 6.45) is 0. The van der Waals surface area contributed by atoms with Crippen LogP contribution >= 0.6 is 27.3 Å². The topological polar surface area (TPSA) is 116 Å². The van der Waals surface area contributed by atoms with Crippen molar-refractivity contribution < 1.29 is 29.3 Å². The van der Waals surface area contributed by atoms with Gasteiger partial charge in [0.1, 0.15) is 0 Å². The number of carbonyl (C=O) groups excluding carboxylic acids is 1. The number of hydrogen-bond acceptors (Lipinski definition) is 5. The Morgan fingerprint density at radius 3 is 2.29 bits per heavy atom. The average Bonchev–Trinajstić information content (AvgIpc) is 3.17. The van der Waals surface area contributed by atoms with Crippen LogP contribution in [0, 0.1) is 0 Å². The average molecular weight is 604 g/mol. The number of hydrogen-bond donors (Lipinski definition) is 3. The van der Waals surface area contributed by atoms with Gasteiger partial charge in [-0.2, -0.15) is 0 Å². The zero-order valence-corrected chi connectivity index (χ0v) is 24.3. The number of urea groups is 1. The number of aliphatic carboxylic acids is 1. The van der Waals surface area contributed by atoms with E-state index in [1.807, 2.05) is 32.0 Å². The van der Waals surface area contributed by atoms with Gasteiger partial charge < -0.3 is 20.3 Å². The van der Waals surface area contributed by atoms with Crippen molar-refractivity contribution in [2.75, 3.05) is 11.5 Å². The summed E-state index contributed by atoms with van der Waals surface area (Å²) < 4.78 is 5.62. The fourth-order valence-electron chi connectivity index (χ4n) is 3.70. The minimum absolute atomic E-state index is 0.0114. The summed E-state index contributed by atoms with van der Waals surface area (Å²) in [5, 5.41) is 21.6. The minimum atomic E-state index is -1.23. The van der Waals surface area contributed by atoms with Crippen LogP contribution in [0.1, 0.15) is 55.4 Å². The van der Waals surface area contributed by atoms with Gasteiger partial charge in [0.25, 0.3) is 0 Å². The third-order valence-electron chi connectivity index (χ3n) is 5.58. The second kappa shape index (κ2) is 12.0. The standard InChI is InChI=1S/C28H31BrN2O6S/c1-16(2)30-27(36)31(14-17-9-11-19(12-10-17)28(3,4)5)20-8-6-7-18(13-20)24-22(29)23(37-15-21(32)33)25(38-24)26(34)35/h6-13,16H,14-15H2,1-5H3,(H,30,36)(H,32,33)(H,34,35). The monoisotopic (exact) mass is 602 g/mol. The molecule has 0 aliphatic rings. The molecule has 0 aliphatic heterocycles. The fraction of sp³-hybridized carbons (Fsp3) is 0.321. The number of carbonyl (C=O) groups is 3. The van der Waals surface area contributed by atoms with Crippen LogP contribution in [-0.4, -0.2) is 40.8 Å². The quantitative estimate of drug-likeness (QED) is 0.249. The normalized spacial score (nSPS) is 11.3. The molecule has 0 aliphatic carbocycles. The smallest absolute Gasteiger partial charge is 0.349 e. The van der Waals surface area contributed by atoms with Crippen molar-refractivity contribution in [1.29, 1.82) is 0 Å². The highest BCUT2D eigenvalue weighted by Crippen LogP contribution is 2.46. The molecule has 8 nitrogen and oxygen atoms in total. The first-order chi connectivity index (χ1) is 17.8. The summed E-state index contributed by atoms with van der Waals surface area (Å²) in [6, 6.07) is 15.0. The van der Waals surface area contributed by atoms with E-state index in [4.69, 9.17) is 9.84 Å². The van der Waals surface area contributed by atoms with Gasteiger partial charge in [0.15, 0.2) is 17.2 Å². The number of aromatic carboxylic acids is 1. The molecular weight excluding hydrogens is 572 g/mol. The van der Waals surface area contributed by atoms with E-state index in [2.05, 4.69) is 54.2 Å². The molecule has 0 saturated carbocycles. The van der Waals surface area contributed by atoms with Crippen LogP contribution < -0.4 is 15.0 Å². The number of benzene rings is 2. The van der Waals surface area contributed by atoms with E-state index in [1.54, 1.807) is 23.1 Å². The molecule has 0 bridgehead atoms. The number of nitrogens with one attached hydrogen (secondary N) is 1. The molecule has 10 heteroatoms. The summed E-state index contributed by atoms with van der Waals surface area (Å²) >= 11 is 4.36. The first kappa shape index (κ1) is 29.2. The number of ether oxygens (including phenoxy) is 1. The molecule has 3 rings (SSSR count). The van der Waals surface area contributed by atoms with Crippen LogP contribution in [0.4, 0.5) is 10.5 Å². The van der Waals surface area contributed by atoms with Gasteiger partial charge in [-0.3, -0.25) is 4.90 Å². The number of rotatable bonds is 9. The SMILES string of the molecule is CC(C)NC(=O)N(Cc1ccc(C(C)(C)C)cc1)c1cccc(-c2sc(C(=O)O)c(OCC(=O)O)c2Br)c1.